The van der Waals surface area contributed by atoms with Crippen LogP contribution in [0.1, 0.15) is 154 Å². The van der Waals surface area contributed by atoms with Crippen LogP contribution in [0.15, 0.2) is 66.7 Å². The second-order valence-electron chi connectivity index (χ2n) is 13.4. The number of hydrogen-bond donors (Lipinski definition) is 1. The topological polar surface area (TPSA) is 12.0 Å². The van der Waals surface area contributed by atoms with Gasteiger partial charge in [0.2, 0.25) is 0 Å². The quantitative estimate of drug-likeness (QED) is 0.143. The minimum atomic E-state index is 0.104. The molecule has 0 fully saturated rings. The van der Waals surface area contributed by atoms with Crippen LogP contribution < -0.4 is 5.32 Å². The fourth-order valence-corrected chi connectivity index (χ4v) is 7.37. The van der Waals surface area contributed by atoms with Gasteiger partial charge in [-0.3, -0.25) is 0 Å². The molecule has 0 amide bonds. The molecule has 1 nitrogen and oxygen atoms in total. The van der Waals surface area contributed by atoms with Crippen molar-refractivity contribution in [3.63, 3.8) is 0 Å². The highest BCUT2D eigenvalue weighted by Crippen LogP contribution is 2.56. The largest absolute Gasteiger partial charge is 0.356 e. The Morgan fingerprint density at radius 3 is 1.64 bits per heavy atom. The molecule has 1 aliphatic rings. The third-order valence-electron chi connectivity index (χ3n) is 10.6. The number of fused-ring (bicyclic) bond motifs is 3. The lowest BCUT2D eigenvalue weighted by Crippen LogP contribution is -2.27. The van der Waals surface area contributed by atoms with Gasteiger partial charge in [-0.05, 0) is 83.2 Å². The number of rotatable bonds is 19. The second-order valence-corrected chi connectivity index (χ2v) is 13.4. The Hall–Kier alpha value is -2.54. The highest BCUT2D eigenvalue weighted by atomic mass is 14.9. The Morgan fingerprint density at radius 1 is 0.548 bits per heavy atom. The first-order valence-electron chi connectivity index (χ1n) is 17.6. The van der Waals surface area contributed by atoms with E-state index in [1.165, 1.54) is 125 Å². The summed E-state index contributed by atoms with van der Waals surface area (Å²) in [6.07, 6.45) is 21.1. The van der Waals surface area contributed by atoms with Gasteiger partial charge in [-0.1, -0.05) is 154 Å². The van der Waals surface area contributed by atoms with Crippen LogP contribution >= 0.6 is 0 Å². The Balaban J connectivity index is 1.75. The summed E-state index contributed by atoms with van der Waals surface area (Å²) in [5, 5.41) is 3.73. The van der Waals surface area contributed by atoms with Crippen molar-refractivity contribution in [2.75, 3.05) is 5.32 Å². The maximum atomic E-state index is 3.73. The van der Waals surface area contributed by atoms with Crippen LogP contribution in [0.3, 0.4) is 0 Å². The fourth-order valence-electron chi connectivity index (χ4n) is 7.37. The molecule has 0 aliphatic heterocycles. The third kappa shape index (κ3) is 7.50. The van der Waals surface area contributed by atoms with Crippen LogP contribution in [-0.4, -0.2) is 0 Å². The van der Waals surface area contributed by atoms with Crippen molar-refractivity contribution >= 4 is 11.4 Å². The molecule has 0 aromatic heterocycles. The van der Waals surface area contributed by atoms with E-state index in [4.69, 9.17) is 0 Å². The van der Waals surface area contributed by atoms with Gasteiger partial charge in [-0.2, -0.15) is 0 Å². The van der Waals surface area contributed by atoms with Crippen molar-refractivity contribution in [1.29, 1.82) is 0 Å². The summed E-state index contributed by atoms with van der Waals surface area (Å²) >= 11 is 0. The van der Waals surface area contributed by atoms with Crippen LogP contribution in [0, 0.1) is 0 Å². The molecular formula is C41H59N. The Labute approximate surface area is 258 Å². The van der Waals surface area contributed by atoms with Crippen LogP contribution in [0.2, 0.25) is 0 Å². The lowest BCUT2D eigenvalue weighted by atomic mass is 9.69. The summed E-state index contributed by atoms with van der Waals surface area (Å²) < 4.78 is 0. The zero-order chi connectivity index (χ0) is 29.8. The molecule has 0 atom stereocenters. The van der Waals surface area contributed by atoms with E-state index in [0.717, 1.165) is 5.69 Å². The molecule has 3 aromatic rings. The number of benzene rings is 3. The number of hydrogen-bond acceptors (Lipinski definition) is 1. The van der Waals surface area contributed by atoms with Gasteiger partial charge in [0.1, 0.15) is 0 Å². The van der Waals surface area contributed by atoms with E-state index in [-0.39, 0.29) is 10.8 Å². The van der Waals surface area contributed by atoms with Gasteiger partial charge in [0, 0.05) is 16.8 Å². The summed E-state index contributed by atoms with van der Waals surface area (Å²) in [6.45, 7) is 11.9. The minimum Gasteiger partial charge on any atom is -0.356 e. The third-order valence-corrected chi connectivity index (χ3v) is 10.6. The van der Waals surface area contributed by atoms with Crippen LogP contribution in [0.4, 0.5) is 11.4 Å². The van der Waals surface area contributed by atoms with Gasteiger partial charge >= 0.3 is 0 Å². The number of anilines is 2. The SMILES string of the molecule is CCCCCCCCC1(CCCCCCCC)c2cc(Nc3ccccc3)ccc2-c2ccc(C(C)(CC)CC)cc21. The summed E-state index contributed by atoms with van der Waals surface area (Å²) in [6, 6.07) is 25.5. The minimum absolute atomic E-state index is 0.104. The van der Waals surface area contributed by atoms with Crippen LogP contribution in [-0.2, 0) is 10.8 Å². The molecule has 4 rings (SSSR count). The smallest absolute Gasteiger partial charge is 0.0387 e. The van der Waals surface area contributed by atoms with Crippen LogP contribution in [0.5, 0.6) is 0 Å². The van der Waals surface area contributed by atoms with Crippen molar-refractivity contribution in [1.82, 2.24) is 0 Å². The monoisotopic (exact) mass is 565 g/mol. The van der Waals surface area contributed by atoms with E-state index in [9.17, 15) is 0 Å². The molecule has 1 heteroatoms. The first-order valence-corrected chi connectivity index (χ1v) is 17.6. The number of unbranched alkanes of at least 4 members (excludes halogenated alkanes) is 10. The fraction of sp³-hybridized carbons (Fsp3) is 0.561. The predicted molar refractivity (Wildman–Crippen MR) is 186 cm³/mol. The Bertz CT molecular complexity index is 1200. The molecule has 3 aromatic carbocycles. The van der Waals surface area contributed by atoms with E-state index in [0.29, 0.717) is 0 Å². The summed E-state index contributed by atoms with van der Waals surface area (Å²) in [7, 11) is 0. The molecule has 0 saturated carbocycles. The molecule has 1 aliphatic carbocycles. The first-order chi connectivity index (χ1) is 20.5. The van der Waals surface area contributed by atoms with Crippen molar-refractivity contribution in [3.05, 3.63) is 83.4 Å². The van der Waals surface area contributed by atoms with Gasteiger partial charge in [0.05, 0.1) is 0 Å². The normalized spacial score (nSPS) is 13.6. The predicted octanol–water partition coefficient (Wildman–Crippen LogP) is 13.3. The average Bonchev–Trinajstić information content (AvgIpc) is 3.29. The van der Waals surface area contributed by atoms with Gasteiger partial charge in [0.25, 0.3) is 0 Å². The molecular weight excluding hydrogens is 506 g/mol. The van der Waals surface area contributed by atoms with Crippen molar-refractivity contribution in [3.8, 4) is 11.1 Å². The summed E-state index contributed by atoms with van der Waals surface area (Å²) in [5.41, 5.74) is 10.4. The Morgan fingerprint density at radius 2 is 1.07 bits per heavy atom. The van der Waals surface area contributed by atoms with Gasteiger partial charge in [-0.15, -0.1) is 0 Å². The zero-order valence-electron chi connectivity index (χ0n) is 27.7. The molecule has 0 bridgehead atoms. The van der Waals surface area contributed by atoms with Crippen molar-refractivity contribution < 1.29 is 0 Å². The van der Waals surface area contributed by atoms with Crippen LogP contribution in [0.25, 0.3) is 11.1 Å². The van der Waals surface area contributed by atoms with E-state index in [1.807, 2.05) is 0 Å². The van der Waals surface area contributed by atoms with Gasteiger partial charge < -0.3 is 5.32 Å². The molecule has 0 saturated heterocycles. The van der Waals surface area contributed by atoms with E-state index in [2.05, 4.69) is 107 Å². The number of para-hydroxylation sites is 1. The average molecular weight is 566 g/mol. The highest BCUT2D eigenvalue weighted by molar-refractivity contribution is 5.83. The lowest BCUT2D eigenvalue weighted by molar-refractivity contribution is 0.395. The number of nitrogens with one attached hydrogen (secondary N) is 1. The maximum Gasteiger partial charge on any atom is 0.0387 e. The van der Waals surface area contributed by atoms with Crippen molar-refractivity contribution in [2.24, 2.45) is 0 Å². The van der Waals surface area contributed by atoms with E-state index >= 15 is 0 Å². The summed E-state index contributed by atoms with van der Waals surface area (Å²) in [5.74, 6) is 0. The van der Waals surface area contributed by atoms with E-state index < -0.39 is 0 Å². The molecule has 1 N–H and O–H groups in total. The lowest BCUT2D eigenvalue weighted by Gasteiger charge is -2.35. The summed E-state index contributed by atoms with van der Waals surface area (Å²) in [4.78, 5) is 0. The Kier molecular flexibility index (Phi) is 12.2. The van der Waals surface area contributed by atoms with Gasteiger partial charge in [0.15, 0.2) is 0 Å². The molecule has 0 heterocycles. The molecule has 0 spiro atoms. The standard InChI is InChI=1S/C41H59N/c1-6-10-12-14-16-21-29-41(30-22-17-15-13-11-7-2)38-31-33(40(5,8-3)9-4)25-27-36(38)37-28-26-35(32-39(37)41)42-34-23-19-18-20-24-34/h18-20,23-28,31-32,42H,6-17,21-22,29-30H2,1-5H3. The van der Waals surface area contributed by atoms with E-state index in [1.54, 1.807) is 11.1 Å². The molecule has 0 unspecified atom stereocenters. The highest BCUT2D eigenvalue weighted by Gasteiger charge is 2.43. The molecule has 42 heavy (non-hydrogen) atoms. The first kappa shape index (κ1) is 32.4. The maximum absolute atomic E-state index is 3.73. The van der Waals surface area contributed by atoms with Crippen molar-refractivity contribution in [2.45, 2.75) is 148 Å². The second kappa shape index (κ2) is 15.8. The molecule has 228 valence electrons. The zero-order valence-corrected chi connectivity index (χ0v) is 27.7. The van der Waals surface area contributed by atoms with Gasteiger partial charge in [-0.25, -0.2) is 0 Å². The molecule has 0 radical (unpaired) electrons.